The summed E-state index contributed by atoms with van der Waals surface area (Å²) in [6, 6.07) is 10.5. The van der Waals surface area contributed by atoms with Gasteiger partial charge in [0.15, 0.2) is 6.61 Å². The van der Waals surface area contributed by atoms with Gasteiger partial charge in [-0.3, -0.25) is 9.59 Å². The van der Waals surface area contributed by atoms with Crippen LogP contribution in [-0.2, 0) is 16.1 Å². The first-order valence-corrected chi connectivity index (χ1v) is 11.7. The minimum absolute atomic E-state index is 0.0285. The number of carbonyl (C=O) groups excluding carboxylic acids is 2. The van der Waals surface area contributed by atoms with Crippen LogP contribution in [0.5, 0.6) is 11.5 Å². The summed E-state index contributed by atoms with van der Waals surface area (Å²) >= 11 is 6.24. The monoisotopic (exact) mass is 474 g/mol. The first-order valence-electron chi connectivity index (χ1n) is 11.3. The lowest BCUT2D eigenvalue weighted by Gasteiger charge is -2.31. The number of ether oxygens (including phenoxy) is 2. The smallest absolute Gasteiger partial charge is 0.261 e. The molecule has 0 spiro atoms. The zero-order chi connectivity index (χ0) is 24.5. The zero-order valence-corrected chi connectivity index (χ0v) is 21.2. The first kappa shape index (κ1) is 26.5. The fourth-order valence-corrected chi connectivity index (χ4v) is 3.61. The van der Waals surface area contributed by atoms with Crippen molar-refractivity contribution in [2.24, 2.45) is 0 Å². The van der Waals surface area contributed by atoms with Crippen LogP contribution in [0.1, 0.15) is 50.3 Å². The summed E-state index contributed by atoms with van der Waals surface area (Å²) in [7, 11) is 1.61. The quantitative estimate of drug-likeness (QED) is 0.494. The van der Waals surface area contributed by atoms with E-state index >= 15 is 0 Å². The molecule has 0 bridgehead atoms. The van der Waals surface area contributed by atoms with E-state index in [9.17, 15) is 9.59 Å². The Morgan fingerprint density at radius 3 is 2.15 bits per heavy atom. The number of amides is 2. The van der Waals surface area contributed by atoms with E-state index in [2.05, 4.69) is 5.32 Å². The van der Waals surface area contributed by atoms with Crippen LogP contribution < -0.4 is 14.8 Å². The van der Waals surface area contributed by atoms with Crippen molar-refractivity contribution in [3.05, 3.63) is 58.1 Å². The average molecular weight is 475 g/mol. The van der Waals surface area contributed by atoms with Crippen molar-refractivity contribution in [3.63, 3.8) is 0 Å². The highest BCUT2D eigenvalue weighted by Crippen LogP contribution is 2.26. The number of carbonyl (C=O) groups is 2. The summed E-state index contributed by atoms with van der Waals surface area (Å²) in [5.41, 5.74) is 2.67. The van der Waals surface area contributed by atoms with E-state index in [4.69, 9.17) is 21.1 Å². The highest BCUT2D eigenvalue weighted by atomic mass is 35.5. The molecular formula is C26H35ClN2O4. The van der Waals surface area contributed by atoms with Crippen LogP contribution in [0.25, 0.3) is 0 Å². The van der Waals surface area contributed by atoms with Gasteiger partial charge in [-0.1, -0.05) is 37.6 Å². The third-order valence-corrected chi connectivity index (χ3v) is 6.27. The van der Waals surface area contributed by atoms with Gasteiger partial charge in [-0.05, 0) is 74.6 Å². The molecule has 0 fully saturated rings. The molecule has 0 aromatic heterocycles. The third kappa shape index (κ3) is 7.39. The fourth-order valence-electron chi connectivity index (χ4n) is 3.51. The standard InChI is InChI=1S/C26H35ClN2O4/c1-7-19(5)28-26(31)23(8-2)29(15-20-9-11-21(32-6)12-10-20)24(30)16-33-22-13-17(3)25(27)18(4)14-22/h9-14,19,23H,7-8,15-16H2,1-6H3,(H,28,31)/t19-,23+/m1/s1. The van der Waals surface area contributed by atoms with Crippen LogP contribution in [0.2, 0.25) is 5.02 Å². The molecule has 2 atom stereocenters. The summed E-state index contributed by atoms with van der Waals surface area (Å²) in [5.74, 6) is 0.883. The molecule has 6 nitrogen and oxygen atoms in total. The van der Waals surface area contributed by atoms with Gasteiger partial charge in [-0.25, -0.2) is 0 Å². The van der Waals surface area contributed by atoms with Crippen molar-refractivity contribution < 1.29 is 19.1 Å². The Bertz CT molecular complexity index is 923. The first-order chi connectivity index (χ1) is 15.7. The average Bonchev–Trinajstić information content (AvgIpc) is 2.80. The Hall–Kier alpha value is -2.73. The lowest BCUT2D eigenvalue weighted by Crippen LogP contribution is -2.51. The predicted octanol–water partition coefficient (Wildman–Crippen LogP) is 5.07. The Morgan fingerprint density at radius 2 is 1.64 bits per heavy atom. The molecule has 180 valence electrons. The van der Waals surface area contributed by atoms with Gasteiger partial charge in [0.05, 0.1) is 7.11 Å². The van der Waals surface area contributed by atoms with Crippen molar-refractivity contribution in [1.29, 1.82) is 0 Å². The maximum Gasteiger partial charge on any atom is 0.261 e. The van der Waals surface area contributed by atoms with Gasteiger partial charge in [0.1, 0.15) is 17.5 Å². The van der Waals surface area contributed by atoms with Gasteiger partial charge in [0, 0.05) is 17.6 Å². The minimum atomic E-state index is -0.606. The van der Waals surface area contributed by atoms with Crippen molar-refractivity contribution in [2.45, 2.75) is 66.1 Å². The van der Waals surface area contributed by atoms with Crippen LogP contribution in [-0.4, -0.2) is 42.5 Å². The number of nitrogens with one attached hydrogen (secondary N) is 1. The van der Waals surface area contributed by atoms with Crippen LogP contribution in [0, 0.1) is 13.8 Å². The normalized spacial score (nSPS) is 12.6. The fraction of sp³-hybridized carbons (Fsp3) is 0.462. The number of benzene rings is 2. The summed E-state index contributed by atoms with van der Waals surface area (Å²) < 4.78 is 11.0. The molecule has 0 saturated heterocycles. The van der Waals surface area contributed by atoms with Gasteiger partial charge >= 0.3 is 0 Å². The third-order valence-electron chi connectivity index (χ3n) is 5.67. The van der Waals surface area contributed by atoms with Crippen LogP contribution in [0.4, 0.5) is 0 Å². The SMILES string of the molecule is CC[C@@H](C)NC(=O)[C@H](CC)N(Cc1ccc(OC)cc1)C(=O)COc1cc(C)c(Cl)c(C)c1. The Balaban J connectivity index is 2.25. The van der Waals surface area contributed by atoms with Crippen molar-refractivity contribution in [2.75, 3.05) is 13.7 Å². The maximum atomic E-state index is 13.3. The highest BCUT2D eigenvalue weighted by Gasteiger charge is 2.29. The molecule has 0 saturated carbocycles. The maximum absolute atomic E-state index is 13.3. The second-order valence-corrected chi connectivity index (χ2v) is 8.65. The largest absolute Gasteiger partial charge is 0.497 e. The topological polar surface area (TPSA) is 67.9 Å². The van der Waals surface area contributed by atoms with Crippen LogP contribution in [0.15, 0.2) is 36.4 Å². The van der Waals surface area contributed by atoms with Gasteiger partial charge in [-0.2, -0.15) is 0 Å². The molecule has 2 amide bonds. The van der Waals surface area contributed by atoms with E-state index in [-0.39, 0.29) is 31.0 Å². The number of hydrogen-bond donors (Lipinski definition) is 1. The van der Waals surface area contributed by atoms with Crippen molar-refractivity contribution in [3.8, 4) is 11.5 Å². The predicted molar refractivity (Wildman–Crippen MR) is 132 cm³/mol. The molecule has 7 heteroatoms. The zero-order valence-electron chi connectivity index (χ0n) is 20.4. The Morgan fingerprint density at radius 1 is 1.03 bits per heavy atom. The molecule has 0 aliphatic carbocycles. The van der Waals surface area contributed by atoms with E-state index in [0.717, 1.165) is 28.9 Å². The number of aryl methyl sites for hydroxylation is 2. The number of halogens is 1. The summed E-state index contributed by atoms with van der Waals surface area (Å²) in [4.78, 5) is 27.9. The molecule has 2 rings (SSSR count). The molecule has 2 aromatic carbocycles. The van der Waals surface area contributed by atoms with Crippen molar-refractivity contribution in [1.82, 2.24) is 10.2 Å². The van der Waals surface area contributed by atoms with Gasteiger partial charge in [0.2, 0.25) is 5.91 Å². The number of hydrogen-bond acceptors (Lipinski definition) is 4. The van der Waals surface area contributed by atoms with E-state index in [0.29, 0.717) is 17.2 Å². The summed E-state index contributed by atoms with van der Waals surface area (Å²) in [6.45, 7) is 9.77. The second kappa shape index (κ2) is 12.5. The molecule has 2 aromatic rings. The lowest BCUT2D eigenvalue weighted by molar-refractivity contribution is -0.143. The number of rotatable bonds is 11. The number of methoxy groups -OCH3 is 1. The van der Waals surface area contributed by atoms with E-state index in [1.165, 1.54) is 0 Å². The molecule has 0 aliphatic heterocycles. The molecular weight excluding hydrogens is 440 g/mol. The minimum Gasteiger partial charge on any atom is -0.497 e. The highest BCUT2D eigenvalue weighted by molar-refractivity contribution is 6.32. The van der Waals surface area contributed by atoms with E-state index in [1.54, 1.807) is 12.0 Å². The van der Waals surface area contributed by atoms with Crippen molar-refractivity contribution >= 4 is 23.4 Å². The van der Waals surface area contributed by atoms with Gasteiger partial charge < -0.3 is 19.7 Å². The number of nitrogens with zero attached hydrogens (tertiary/aromatic N) is 1. The molecule has 0 heterocycles. The second-order valence-electron chi connectivity index (χ2n) is 8.27. The lowest BCUT2D eigenvalue weighted by atomic mass is 10.1. The summed E-state index contributed by atoms with van der Waals surface area (Å²) in [6.07, 6.45) is 1.30. The molecule has 33 heavy (non-hydrogen) atoms. The van der Waals surface area contributed by atoms with Crippen LogP contribution >= 0.6 is 11.6 Å². The van der Waals surface area contributed by atoms with Crippen LogP contribution in [0.3, 0.4) is 0 Å². The van der Waals surface area contributed by atoms with E-state index < -0.39 is 6.04 Å². The Labute approximate surface area is 202 Å². The molecule has 0 unspecified atom stereocenters. The van der Waals surface area contributed by atoms with Gasteiger partial charge in [0.25, 0.3) is 5.91 Å². The molecule has 0 radical (unpaired) electrons. The summed E-state index contributed by atoms with van der Waals surface area (Å²) in [5, 5.41) is 3.69. The molecule has 0 aliphatic rings. The Kier molecular flexibility index (Phi) is 10.0. The van der Waals surface area contributed by atoms with Gasteiger partial charge in [-0.15, -0.1) is 0 Å². The molecule has 1 N–H and O–H groups in total. The van der Waals surface area contributed by atoms with E-state index in [1.807, 2.05) is 71.0 Å².